The van der Waals surface area contributed by atoms with Gasteiger partial charge >= 0.3 is 0 Å². The molecule has 0 unspecified atom stereocenters. The van der Waals surface area contributed by atoms with Crippen LogP contribution < -0.4 is 15.5 Å². The Kier molecular flexibility index (Phi) is 5.94. The lowest BCUT2D eigenvalue weighted by atomic mass is 10.2. The fourth-order valence-electron chi connectivity index (χ4n) is 3.05. The number of anilines is 3. The molecular formula is C23H14Cl2FN3O3. The molecule has 0 radical (unpaired) electrons. The molecule has 32 heavy (non-hydrogen) atoms. The van der Waals surface area contributed by atoms with Gasteiger partial charge in [0.05, 0.1) is 5.69 Å². The van der Waals surface area contributed by atoms with E-state index in [0.29, 0.717) is 26.9 Å². The summed E-state index contributed by atoms with van der Waals surface area (Å²) >= 11 is 11.9. The molecule has 9 heteroatoms. The first kappa shape index (κ1) is 21.5. The van der Waals surface area contributed by atoms with Gasteiger partial charge < -0.3 is 10.6 Å². The van der Waals surface area contributed by atoms with E-state index in [1.54, 1.807) is 36.4 Å². The minimum absolute atomic E-state index is 0.182. The van der Waals surface area contributed by atoms with Crippen LogP contribution >= 0.6 is 23.2 Å². The van der Waals surface area contributed by atoms with E-state index < -0.39 is 17.6 Å². The molecule has 1 aliphatic heterocycles. The van der Waals surface area contributed by atoms with Gasteiger partial charge in [-0.25, -0.2) is 9.29 Å². The molecule has 160 valence electrons. The van der Waals surface area contributed by atoms with E-state index in [2.05, 4.69) is 10.6 Å². The van der Waals surface area contributed by atoms with Crippen molar-refractivity contribution in [1.29, 1.82) is 0 Å². The smallest absolute Gasteiger partial charge is 0.283 e. The summed E-state index contributed by atoms with van der Waals surface area (Å²) in [6.07, 6.45) is 0. The van der Waals surface area contributed by atoms with Crippen molar-refractivity contribution in [2.45, 2.75) is 0 Å². The summed E-state index contributed by atoms with van der Waals surface area (Å²) in [5.41, 5.74) is 0.997. The number of para-hydroxylation sites is 1. The molecule has 0 saturated carbocycles. The molecular weight excluding hydrogens is 456 g/mol. The predicted molar refractivity (Wildman–Crippen MR) is 121 cm³/mol. The third-order valence-electron chi connectivity index (χ3n) is 4.64. The number of rotatable bonds is 5. The van der Waals surface area contributed by atoms with Crippen molar-refractivity contribution in [2.24, 2.45) is 0 Å². The third-order valence-corrected chi connectivity index (χ3v) is 5.24. The van der Waals surface area contributed by atoms with Gasteiger partial charge in [0.25, 0.3) is 17.7 Å². The first-order valence-electron chi connectivity index (χ1n) is 9.32. The molecule has 0 fully saturated rings. The summed E-state index contributed by atoms with van der Waals surface area (Å²) in [5.74, 6) is -2.68. The van der Waals surface area contributed by atoms with Crippen LogP contribution in [0.25, 0.3) is 0 Å². The summed E-state index contributed by atoms with van der Waals surface area (Å²) in [4.78, 5) is 38.3. The van der Waals surface area contributed by atoms with Gasteiger partial charge in [0.15, 0.2) is 0 Å². The Bertz CT molecular complexity index is 1260. The molecule has 0 aliphatic carbocycles. The van der Waals surface area contributed by atoms with Crippen LogP contribution in [0.1, 0.15) is 10.4 Å². The van der Waals surface area contributed by atoms with Gasteiger partial charge in [0, 0.05) is 22.0 Å². The Labute approximate surface area is 192 Å². The standard InChI is InChI=1S/C23H14Cl2FN3O3/c24-14-7-11-16(12-8-14)28-21(30)13-5-9-15(10-6-13)27-20-19(25)22(31)29(23(20)32)18-4-2-1-3-17(18)26/h1-12,27H,(H,28,30). The predicted octanol–water partition coefficient (Wildman–Crippen LogP) is 5.17. The first-order chi connectivity index (χ1) is 15.3. The van der Waals surface area contributed by atoms with Crippen LogP contribution in [-0.2, 0) is 9.59 Å². The lowest BCUT2D eigenvalue weighted by Gasteiger charge is -2.15. The van der Waals surface area contributed by atoms with Crippen LogP contribution in [0.3, 0.4) is 0 Å². The Morgan fingerprint density at radius 2 is 1.44 bits per heavy atom. The number of imide groups is 1. The topological polar surface area (TPSA) is 78.5 Å². The third kappa shape index (κ3) is 4.21. The van der Waals surface area contributed by atoms with Gasteiger partial charge in [-0.2, -0.15) is 0 Å². The zero-order valence-electron chi connectivity index (χ0n) is 16.2. The minimum Gasteiger partial charge on any atom is -0.350 e. The summed E-state index contributed by atoms with van der Waals surface area (Å²) in [5, 5.41) is 5.71. The number of benzene rings is 3. The van der Waals surface area contributed by atoms with Crippen molar-refractivity contribution >= 4 is 58.0 Å². The molecule has 4 rings (SSSR count). The first-order valence-corrected chi connectivity index (χ1v) is 10.1. The highest BCUT2D eigenvalue weighted by Crippen LogP contribution is 2.31. The van der Waals surface area contributed by atoms with E-state index in [-0.39, 0.29) is 22.3 Å². The van der Waals surface area contributed by atoms with Gasteiger partial charge in [-0.1, -0.05) is 35.3 Å². The second-order valence-electron chi connectivity index (χ2n) is 6.75. The molecule has 1 heterocycles. The second kappa shape index (κ2) is 8.82. The van der Waals surface area contributed by atoms with Crippen molar-refractivity contribution in [3.8, 4) is 0 Å². The molecule has 1 aliphatic rings. The van der Waals surface area contributed by atoms with Crippen LogP contribution in [0.4, 0.5) is 21.5 Å². The number of carbonyl (C=O) groups excluding carboxylic acids is 3. The highest BCUT2D eigenvalue weighted by Gasteiger charge is 2.40. The minimum atomic E-state index is -0.830. The average molecular weight is 470 g/mol. The van der Waals surface area contributed by atoms with Gasteiger partial charge in [0.1, 0.15) is 16.5 Å². The Morgan fingerprint density at radius 1 is 0.812 bits per heavy atom. The number of carbonyl (C=O) groups is 3. The van der Waals surface area contributed by atoms with Crippen LogP contribution in [-0.4, -0.2) is 17.7 Å². The fourth-order valence-corrected chi connectivity index (χ4v) is 3.39. The summed E-state index contributed by atoms with van der Waals surface area (Å²) in [6.45, 7) is 0. The molecule has 0 spiro atoms. The second-order valence-corrected chi connectivity index (χ2v) is 7.56. The Morgan fingerprint density at radius 3 is 2.09 bits per heavy atom. The number of nitrogens with zero attached hydrogens (tertiary/aromatic N) is 1. The number of amides is 3. The van der Waals surface area contributed by atoms with E-state index in [0.717, 1.165) is 6.07 Å². The zero-order chi connectivity index (χ0) is 22.8. The summed E-state index contributed by atoms with van der Waals surface area (Å²) in [6, 6.07) is 18.3. The molecule has 3 amide bonds. The quantitative estimate of drug-likeness (QED) is 0.505. The Balaban J connectivity index is 1.49. The van der Waals surface area contributed by atoms with E-state index in [1.165, 1.54) is 30.3 Å². The summed E-state index contributed by atoms with van der Waals surface area (Å²) < 4.78 is 14.1. The molecule has 0 saturated heterocycles. The van der Waals surface area contributed by atoms with Crippen molar-refractivity contribution in [1.82, 2.24) is 0 Å². The molecule has 0 aromatic heterocycles. The SMILES string of the molecule is O=C(Nc1ccc(Cl)cc1)c1ccc(NC2=C(Cl)C(=O)N(c3ccccc3F)C2=O)cc1. The molecule has 6 nitrogen and oxygen atoms in total. The molecule has 0 atom stereocenters. The van der Waals surface area contributed by atoms with Crippen molar-refractivity contribution in [3.63, 3.8) is 0 Å². The normalized spacial score (nSPS) is 13.5. The van der Waals surface area contributed by atoms with Crippen molar-refractivity contribution in [3.05, 3.63) is 99.9 Å². The van der Waals surface area contributed by atoms with Gasteiger partial charge in [-0.3, -0.25) is 14.4 Å². The van der Waals surface area contributed by atoms with Gasteiger partial charge in [-0.05, 0) is 60.7 Å². The highest BCUT2D eigenvalue weighted by atomic mass is 35.5. The van der Waals surface area contributed by atoms with Crippen LogP contribution in [0, 0.1) is 5.82 Å². The lowest BCUT2D eigenvalue weighted by Crippen LogP contribution is -2.33. The van der Waals surface area contributed by atoms with Gasteiger partial charge in [0.2, 0.25) is 0 Å². The number of halogens is 3. The zero-order valence-corrected chi connectivity index (χ0v) is 17.7. The van der Waals surface area contributed by atoms with E-state index >= 15 is 0 Å². The highest BCUT2D eigenvalue weighted by molar-refractivity contribution is 6.53. The maximum absolute atomic E-state index is 14.1. The van der Waals surface area contributed by atoms with Gasteiger partial charge in [-0.15, -0.1) is 0 Å². The van der Waals surface area contributed by atoms with Crippen LogP contribution in [0.2, 0.25) is 5.02 Å². The molecule has 2 N–H and O–H groups in total. The number of hydrogen-bond acceptors (Lipinski definition) is 4. The monoisotopic (exact) mass is 469 g/mol. The maximum atomic E-state index is 14.1. The van der Waals surface area contributed by atoms with E-state index in [1.807, 2.05) is 0 Å². The fraction of sp³-hybridized carbons (Fsp3) is 0. The number of hydrogen-bond donors (Lipinski definition) is 2. The van der Waals surface area contributed by atoms with Crippen molar-refractivity contribution in [2.75, 3.05) is 15.5 Å². The average Bonchev–Trinajstić information content (AvgIpc) is 2.99. The lowest BCUT2D eigenvalue weighted by molar-refractivity contribution is -0.120. The van der Waals surface area contributed by atoms with Crippen LogP contribution in [0.15, 0.2) is 83.5 Å². The molecule has 3 aromatic carbocycles. The maximum Gasteiger partial charge on any atom is 0.283 e. The van der Waals surface area contributed by atoms with E-state index in [4.69, 9.17) is 23.2 Å². The van der Waals surface area contributed by atoms with E-state index in [9.17, 15) is 18.8 Å². The Hall–Kier alpha value is -3.68. The number of nitrogens with one attached hydrogen (secondary N) is 2. The molecule has 0 bridgehead atoms. The van der Waals surface area contributed by atoms with Crippen molar-refractivity contribution < 1.29 is 18.8 Å². The van der Waals surface area contributed by atoms with Crippen LogP contribution in [0.5, 0.6) is 0 Å². The molecule has 3 aromatic rings. The largest absolute Gasteiger partial charge is 0.350 e. The summed E-state index contributed by atoms with van der Waals surface area (Å²) in [7, 11) is 0.